The Morgan fingerprint density at radius 2 is 1.91 bits per heavy atom. The average Bonchev–Trinajstić information content (AvgIpc) is 3.29. The van der Waals surface area contributed by atoms with Gasteiger partial charge < -0.3 is 19.9 Å². The lowest BCUT2D eigenvalue weighted by atomic mass is 9.89. The van der Waals surface area contributed by atoms with Gasteiger partial charge in [-0.3, -0.25) is 4.99 Å². The average molecular weight is 574 g/mol. The monoisotopic (exact) mass is 573 g/mol. The first-order valence-corrected chi connectivity index (χ1v) is 11.9. The highest BCUT2D eigenvalue weighted by Gasteiger charge is 2.27. The van der Waals surface area contributed by atoms with Crippen LogP contribution < -0.4 is 10.6 Å². The molecule has 0 bridgehead atoms. The van der Waals surface area contributed by atoms with Gasteiger partial charge in [-0.05, 0) is 30.9 Å². The third kappa shape index (κ3) is 7.30. The summed E-state index contributed by atoms with van der Waals surface area (Å²) in [5.74, 6) is 2.32. The summed E-state index contributed by atoms with van der Waals surface area (Å²) < 4.78 is 8.37. The van der Waals surface area contributed by atoms with Gasteiger partial charge in [0.2, 0.25) is 0 Å². The quantitative estimate of drug-likeness (QED) is 0.232. The third-order valence-electron chi connectivity index (χ3n) is 6.24. The molecule has 182 valence electrons. The first-order valence-electron chi connectivity index (χ1n) is 11.9. The zero-order valence-electron chi connectivity index (χ0n) is 20.1. The number of guanidine groups is 1. The summed E-state index contributed by atoms with van der Waals surface area (Å²) in [5.41, 5.74) is 3.82. The van der Waals surface area contributed by atoms with Gasteiger partial charge in [-0.25, -0.2) is 4.98 Å². The normalized spacial score (nSPS) is 18.2. The summed E-state index contributed by atoms with van der Waals surface area (Å²) in [6, 6.07) is 19.2. The maximum atomic E-state index is 6.16. The minimum Gasteiger partial charge on any atom is -0.373 e. The maximum Gasteiger partial charge on any atom is 0.191 e. The molecular formula is C27H36IN5O. The van der Waals surface area contributed by atoms with E-state index in [2.05, 4.69) is 80.6 Å². The van der Waals surface area contributed by atoms with Gasteiger partial charge in [-0.2, -0.15) is 0 Å². The van der Waals surface area contributed by atoms with Crippen molar-refractivity contribution in [1.29, 1.82) is 0 Å². The van der Waals surface area contributed by atoms with Crippen LogP contribution in [-0.2, 0) is 17.7 Å². The van der Waals surface area contributed by atoms with E-state index >= 15 is 0 Å². The largest absolute Gasteiger partial charge is 0.373 e. The number of hydrogen-bond donors (Lipinski definition) is 2. The van der Waals surface area contributed by atoms with E-state index in [9.17, 15) is 0 Å². The van der Waals surface area contributed by atoms with Crippen LogP contribution in [0.15, 0.2) is 72.0 Å². The second-order valence-electron chi connectivity index (χ2n) is 8.69. The van der Waals surface area contributed by atoms with Gasteiger partial charge in [0.15, 0.2) is 5.96 Å². The lowest BCUT2D eigenvalue weighted by molar-refractivity contribution is -0.0265. The Hall–Kier alpha value is -2.39. The van der Waals surface area contributed by atoms with Crippen LogP contribution in [0.1, 0.15) is 41.5 Å². The summed E-state index contributed by atoms with van der Waals surface area (Å²) in [6.45, 7) is 5.39. The second-order valence-corrected chi connectivity index (χ2v) is 8.69. The molecule has 34 heavy (non-hydrogen) atoms. The number of nitrogens with zero attached hydrogens (tertiary/aromatic N) is 3. The Kier molecular flexibility index (Phi) is 10.4. The lowest BCUT2D eigenvalue weighted by Gasteiger charge is -2.32. The fourth-order valence-electron chi connectivity index (χ4n) is 4.41. The summed E-state index contributed by atoms with van der Waals surface area (Å²) in [7, 11) is 1.82. The highest BCUT2D eigenvalue weighted by molar-refractivity contribution is 14.0. The number of aromatic nitrogens is 2. The summed E-state index contributed by atoms with van der Waals surface area (Å²) in [4.78, 5) is 8.97. The minimum absolute atomic E-state index is 0. The van der Waals surface area contributed by atoms with Crippen LogP contribution in [0.4, 0.5) is 0 Å². The fourth-order valence-corrected chi connectivity index (χ4v) is 4.41. The molecule has 0 spiro atoms. The van der Waals surface area contributed by atoms with Crippen molar-refractivity contribution >= 4 is 29.9 Å². The Balaban J connectivity index is 0.00000324. The highest BCUT2D eigenvalue weighted by atomic mass is 127. The van der Waals surface area contributed by atoms with E-state index in [0.29, 0.717) is 5.92 Å². The molecule has 4 rings (SSSR count). The molecule has 0 radical (unpaired) electrons. The predicted octanol–water partition coefficient (Wildman–Crippen LogP) is 4.73. The molecule has 2 atom stereocenters. The maximum absolute atomic E-state index is 6.16. The fraction of sp³-hybridized carbons (Fsp3) is 0.407. The number of aryl methyl sites for hydroxylation is 1. The van der Waals surface area contributed by atoms with E-state index in [-0.39, 0.29) is 30.1 Å². The number of ether oxygens (including phenoxy) is 1. The molecule has 2 heterocycles. The van der Waals surface area contributed by atoms with Gasteiger partial charge in [0.1, 0.15) is 5.82 Å². The van der Waals surface area contributed by atoms with Crippen LogP contribution in [-0.4, -0.2) is 42.3 Å². The molecule has 6 nitrogen and oxygen atoms in total. The standard InChI is InChI=1S/C27H35N5O.HI/c1-21-10-12-23(13-11-21)26-24(9-6-18-33-26)19-31-27(28-2)30-15-14-25-29-16-17-32(25)20-22-7-4-3-5-8-22;/h3-5,7-8,10-13,16-17,24,26H,6,9,14-15,18-20H2,1-2H3,(H2,28,30,31);1H. The Morgan fingerprint density at radius 3 is 2.68 bits per heavy atom. The van der Waals surface area contributed by atoms with E-state index in [1.165, 1.54) is 16.7 Å². The van der Waals surface area contributed by atoms with Crippen LogP contribution in [0.5, 0.6) is 0 Å². The van der Waals surface area contributed by atoms with Gasteiger partial charge in [-0.15, -0.1) is 24.0 Å². The topological polar surface area (TPSA) is 63.5 Å². The highest BCUT2D eigenvalue weighted by Crippen LogP contribution is 2.33. The van der Waals surface area contributed by atoms with Gasteiger partial charge in [-0.1, -0.05) is 60.2 Å². The molecule has 7 heteroatoms. The Labute approximate surface area is 220 Å². The first-order chi connectivity index (χ1) is 16.2. The third-order valence-corrected chi connectivity index (χ3v) is 6.24. The molecule has 3 aromatic rings. The molecule has 0 aliphatic carbocycles. The smallest absolute Gasteiger partial charge is 0.191 e. The van der Waals surface area contributed by atoms with Crippen LogP contribution in [0.3, 0.4) is 0 Å². The number of imidazole rings is 1. The number of halogens is 1. The molecule has 2 N–H and O–H groups in total. The van der Waals surface area contributed by atoms with Gasteiger partial charge in [0, 0.05) is 58.0 Å². The lowest BCUT2D eigenvalue weighted by Crippen LogP contribution is -2.42. The molecular weight excluding hydrogens is 537 g/mol. The molecule has 2 unspecified atom stereocenters. The number of benzene rings is 2. The Bertz CT molecular complexity index is 1020. The number of hydrogen-bond acceptors (Lipinski definition) is 3. The van der Waals surface area contributed by atoms with Crippen LogP contribution in [0.2, 0.25) is 0 Å². The van der Waals surface area contributed by atoms with E-state index in [0.717, 1.165) is 57.3 Å². The number of rotatable bonds is 8. The molecule has 0 saturated carbocycles. The van der Waals surface area contributed by atoms with Crippen LogP contribution in [0, 0.1) is 12.8 Å². The van der Waals surface area contributed by atoms with Crippen molar-refractivity contribution < 1.29 is 4.74 Å². The second kappa shape index (κ2) is 13.5. The van der Waals surface area contributed by atoms with Crippen molar-refractivity contribution in [2.24, 2.45) is 10.9 Å². The predicted molar refractivity (Wildman–Crippen MR) is 149 cm³/mol. The van der Waals surface area contributed by atoms with E-state index in [1.807, 2.05) is 25.5 Å². The Morgan fingerprint density at radius 1 is 1.12 bits per heavy atom. The summed E-state index contributed by atoms with van der Waals surface area (Å²) in [6.07, 6.45) is 7.14. The number of aliphatic imine (C=N–C) groups is 1. The number of nitrogens with one attached hydrogen (secondary N) is 2. The van der Waals surface area contributed by atoms with Crippen molar-refractivity contribution in [2.75, 3.05) is 26.7 Å². The minimum atomic E-state index is 0. The van der Waals surface area contributed by atoms with E-state index in [4.69, 9.17) is 4.74 Å². The van der Waals surface area contributed by atoms with Crippen molar-refractivity contribution in [3.8, 4) is 0 Å². The van der Waals surface area contributed by atoms with Crippen molar-refractivity contribution in [2.45, 2.75) is 38.8 Å². The van der Waals surface area contributed by atoms with Crippen LogP contribution >= 0.6 is 24.0 Å². The molecule has 2 aromatic carbocycles. The van der Waals surface area contributed by atoms with Crippen molar-refractivity contribution in [1.82, 2.24) is 20.2 Å². The molecule has 1 aromatic heterocycles. The van der Waals surface area contributed by atoms with Crippen LogP contribution in [0.25, 0.3) is 0 Å². The van der Waals surface area contributed by atoms with Gasteiger partial charge in [0.25, 0.3) is 0 Å². The molecule has 0 amide bonds. The first kappa shape index (κ1) is 26.2. The van der Waals surface area contributed by atoms with Crippen molar-refractivity contribution in [3.05, 3.63) is 89.5 Å². The SMILES string of the molecule is CN=C(NCCc1nccn1Cc1ccccc1)NCC1CCCOC1c1ccc(C)cc1.I. The molecule has 1 aliphatic heterocycles. The molecule has 1 aliphatic rings. The summed E-state index contributed by atoms with van der Waals surface area (Å²) in [5, 5.41) is 6.96. The van der Waals surface area contributed by atoms with E-state index < -0.39 is 0 Å². The van der Waals surface area contributed by atoms with Crippen molar-refractivity contribution in [3.63, 3.8) is 0 Å². The van der Waals surface area contributed by atoms with Gasteiger partial charge in [0.05, 0.1) is 6.10 Å². The summed E-state index contributed by atoms with van der Waals surface area (Å²) >= 11 is 0. The zero-order valence-corrected chi connectivity index (χ0v) is 22.4. The molecule has 1 saturated heterocycles. The molecule has 1 fully saturated rings. The zero-order chi connectivity index (χ0) is 22.9. The van der Waals surface area contributed by atoms with Gasteiger partial charge >= 0.3 is 0 Å². The van der Waals surface area contributed by atoms with E-state index in [1.54, 1.807) is 0 Å².